The van der Waals surface area contributed by atoms with Gasteiger partial charge in [-0.1, -0.05) is 29.8 Å². The van der Waals surface area contributed by atoms with Crippen molar-refractivity contribution in [2.75, 3.05) is 25.0 Å². The van der Waals surface area contributed by atoms with Crippen LogP contribution in [0, 0.1) is 0 Å². The van der Waals surface area contributed by atoms with Gasteiger partial charge in [-0.3, -0.25) is 4.79 Å². The van der Waals surface area contributed by atoms with Crippen molar-refractivity contribution in [1.29, 1.82) is 0 Å². The number of hydrogen-bond donors (Lipinski definition) is 4. The van der Waals surface area contributed by atoms with Crippen molar-refractivity contribution in [2.45, 2.75) is 18.7 Å². The minimum Gasteiger partial charge on any atom is -0.481 e. The van der Waals surface area contributed by atoms with Gasteiger partial charge in [0.2, 0.25) is 0 Å². The summed E-state index contributed by atoms with van der Waals surface area (Å²) in [5, 5.41) is 25.2. The number of nitrogens with one attached hydrogen (secondary N) is 2. The Balaban J connectivity index is 1.86. The minimum absolute atomic E-state index is 0.235. The Morgan fingerprint density at radius 2 is 1.89 bits per heavy atom. The first-order chi connectivity index (χ1) is 13.2. The van der Waals surface area contributed by atoms with E-state index < -0.39 is 30.2 Å². The van der Waals surface area contributed by atoms with Gasteiger partial charge in [0.15, 0.2) is 0 Å². The zero-order chi connectivity index (χ0) is 20.7. The second-order valence-electron chi connectivity index (χ2n) is 6.14. The number of carboxylic acid groups (broad SMARTS) is 1. The number of carbonyl (C=O) groups is 1. The van der Waals surface area contributed by atoms with Crippen LogP contribution < -0.4 is 10.6 Å². The predicted molar refractivity (Wildman–Crippen MR) is 101 cm³/mol. The van der Waals surface area contributed by atoms with E-state index in [0.29, 0.717) is 23.7 Å². The van der Waals surface area contributed by atoms with Crippen LogP contribution >= 0.6 is 11.6 Å². The second-order valence-corrected chi connectivity index (χ2v) is 6.58. The number of alkyl halides is 3. The first-order valence-corrected chi connectivity index (χ1v) is 8.84. The zero-order valence-corrected chi connectivity index (χ0v) is 15.5. The first kappa shape index (κ1) is 22.0. The number of aliphatic carboxylic acids is 1. The number of rotatable bonds is 9. The van der Waals surface area contributed by atoms with Crippen LogP contribution in [0.2, 0.25) is 5.02 Å². The van der Waals surface area contributed by atoms with E-state index in [1.165, 1.54) is 6.07 Å². The fourth-order valence-electron chi connectivity index (χ4n) is 2.63. The van der Waals surface area contributed by atoms with E-state index in [4.69, 9.17) is 16.7 Å². The average Bonchev–Trinajstić information content (AvgIpc) is 2.61. The summed E-state index contributed by atoms with van der Waals surface area (Å²) >= 11 is 5.87. The topological polar surface area (TPSA) is 81.6 Å². The van der Waals surface area contributed by atoms with E-state index in [2.05, 4.69) is 10.6 Å². The summed E-state index contributed by atoms with van der Waals surface area (Å²) in [6.45, 7) is 0.973. The molecule has 1 atom stereocenters. The van der Waals surface area contributed by atoms with Crippen LogP contribution in [-0.2, 0) is 17.4 Å². The number of carboxylic acids is 1. The molecule has 0 heterocycles. The molecule has 152 valence electrons. The third-order valence-corrected chi connectivity index (χ3v) is 4.19. The molecule has 0 saturated carbocycles. The molecular formula is C19H20ClF3N2O3. The van der Waals surface area contributed by atoms with Crippen LogP contribution in [0.1, 0.15) is 22.8 Å². The van der Waals surface area contributed by atoms with Crippen molar-refractivity contribution in [2.24, 2.45) is 0 Å². The average molecular weight is 417 g/mol. The molecule has 0 fully saturated rings. The summed E-state index contributed by atoms with van der Waals surface area (Å²) in [5.74, 6) is -1.33. The lowest BCUT2D eigenvalue weighted by Crippen LogP contribution is -2.27. The highest BCUT2D eigenvalue weighted by molar-refractivity contribution is 6.30. The summed E-state index contributed by atoms with van der Waals surface area (Å²) in [6, 6.07) is 10.3. The van der Waals surface area contributed by atoms with E-state index in [9.17, 15) is 23.1 Å². The Morgan fingerprint density at radius 3 is 2.54 bits per heavy atom. The molecule has 0 saturated heterocycles. The molecule has 5 nitrogen and oxygen atoms in total. The van der Waals surface area contributed by atoms with Crippen molar-refractivity contribution in [3.8, 4) is 0 Å². The van der Waals surface area contributed by atoms with E-state index in [1.807, 2.05) is 0 Å². The van der Waals surface area contributed by atoms with Crippen LogP contribution in [0.15, 0.2) is 42.5 Å². The predicted octanol–water partition coefficient (Wildman–Crippen LogP) is 3.72. The fraction of sp³-hybridized carbons (Fsp3) is 0.316. The van der Waals surface area contributed by atoms with E-state index >= 15 is 0 Å². The van der Waals surface area contributed by atoms with Crippen molar-refractivity contribution in [3.63, 3.8) is 0 Å². The van der Waals surface area contributed by atoms with Crippen molar-refractivity contribution in [1.82, 2.24) is 5.32 Å². The van der Waals surface area contributed by atoms with Crippen molar-refractivity contribution in [3.05, 3.63) is 64.2 Å². The fourth-order valence-corrected chi connectivity index (χ4v) is 2.83. The quantitative estimate of drug-likeness (QED) is 0.468. The maximum Gasteiger partial charge on any atom is 0.416 e. The molecule has 0 aromatic heterocycles. The molecule has 2 aromatic carbocycles. The molecule has 0 spiro atoms. The van der Waals surface area contributed by atoms with Gasteiger partial charge < -0.3 is 20.8 Å². The lowest BCUT2D eigenvalue weighted by Gasteiger charge is -2.15. The molecule has 0 aliphatic rings. The highest BCUT2D eigenvalue weighted by atomic mass is 35.5. The highest BCUT2D eigenvalue weighted by Crippen LogP contribution is 2.34. The number of anilines is 1. The maximum absolute atomic E-state index is 13.1. The third-order valence-electron chi connectivity index (χ3n) is 3.96. The molecule has 0 amide bonds. The number of halogens is 4. The first-order valence-electron chi connectivity index (χ1n) is 8.47. The van der Waals surface area contributed by atoms with Gasteiger partial charge in [-0.25, -0.2) is 0 Å². The minimum atomic E-state index is -4.64. The van der Waals surface area contributed by atoms with Crippen LogP contribution in [-0.4, -0.2) is 35.8 Å². The standard InChI is InChI=1S/C19H20ClF3N2O3/c20-14-3-1-2-13(8-14)17(26)11-24-6-7-25-15-5-4-12(9-18(27)28)16(10-15)19(21,22)23/h1-5,8,10,17,24-26H,6-7,9,11H2,(H,27,28). The van der Waals surface area contributed by atoms with Crippen molar-refractivity contribution < 1.29 is 28.2 Å². The Kier molecular flexibility index (Phi) is 7.68. The third kappa shape index (κ3) is 6.70. The summed E-state index contributed by atoms with van der Waals surface area (Å²) in [4.78, 5) is 10.7. The van der Waals surface area contributed by atoms with Crippen LogP contribution in [0.3, 0.4) is 0 Å². The molecule has 9 heteroatoms. The van der Waals surface area contributed by atoms with Gasteiger partial charge >= 0.3 is 12.1 Å². The SMILES string of the molecule is O=C(O)Cc1ccc(NCCNCC(O)c2cccc(Cl)c2)cc1C(F)(F)F. The molecule has 28 heavy (non-hydrogen) atoms. The summed E-state index contributed by atoms with van der Waals surface area (Å²) in [6.07, 6.45) is -6.09. The number of aliphatic hydroxyl groups is 1. The molecule has 4 N–H and O–H groups in total. The molecule has 0 radical (unpaired) electrons. The van der Waals surface area contributed by atoms with Gasteiger partial charge in [0.1, 0.15) is 0 Å². The van der Waals surface area contributed by atoms with Crippen LogP contribution in [0.25, 0.3) is 0 Å². The van der Waals surface area contributed by atoms with Crippen molar-refractivity contribution >= 4 is 23.3 Å². The molecule has 2 rings (SSSR count). The zero-order valence-electron chi connectivity index (χ0n) is 14.8. The molecule has 1 unspecified atom stereocenters. The van der Waals surface area contributed by atoms with E-state index in [1.54, 1.807) is 24.3 Å². The normalized spacial score (nSPS) is 12.6. The Labute approximate surface area is 165 Å². The lowest BCUT2D eigenvalue weighted by molar-refractivity contribution is -0.139. The number of benzene rings is 2. The van der Waals surface area contributed by atoms with Crippen LogP contribution in [0.4, 0.5) is 18.9 Å². The summed E-state index contributed by atoms with van der Waals surface area (Å²) in [7, 11) is 0. The van der Waals surface area contributed by atoms with E-state index in [0.717, 1.165) is 12.1 Å². The molecule has 0 bridgehead atoms. The number of aliphatic hydroxyl groups excluding tert-OH is 1. The molecule has 2 aromatic rings. The monoisotopic (exact) mass is 416 g/mol. The Bertz CT molecular complexity index is 815. The van der Waals surface area contributed by atoms with E-state index in [-0.39, 0.29) is 17.8 Å². The molecule has 0 aliphatic carbocycles. The van der Waals surface area contributed by atoms with Gasteiger partial charge in [0.05, 0.1) is 18.1 Å². The van der Waals surface area contributed by atoms with Gasteiger partial charge in [-0.2, -0.15) is 13.2 Å². The van der Waals surface area contributed by atoms with Gasteiger partial charge in [-0.15, -0.1) is 0 Å². The Hall–Kier alpha value is -2.29. The highest BCUT2D eigenvalue weighted by Gasteiger charge is 2.34. The number of hydrogen-bond acceptors (Lipinski definition) is 4. The van der Waals surface area contributed by atoms with Gasteiger partial charge in [-0.05, 0) is 35.4 Å². The lowest BCUT2D eigenvalue weighted by atomic mass is 10.0. The summed E-state index contributed by atoms with van der Waals surface area (Å²) < 4.78 is 39.4. The van der Waals surface area contributed by atoms with Gasteiger partial charge in [0.25, 0.3) is 0 Å². The van der Waals surface area contributed by atoms with Crippen LogP contribution in [0.5, 0.6) is 0 Å². The smallest absolute Gasteiger partial charge is 0.416 e. The second kappa shape index (κ2) is 9.77. The maximum atomic E-state index is 13.1. The van der Waals surface area contributed by atoms with Gasteiger partial charge in [0, 0.05) is 30.3 Å². The molecular weight excluding hydrogens is 397 g/mol. The summed E-state index contributed by atoms with van der Waals surface area (Å²) in [5.41, 5.74) is -0.354. The molecule has 0 aliphatic heterocycles. The largest absolute Gasteiger partial charge is 0.481 e. The Morgan fingerprint density at radius 1 is 1.14 bits per heavy atom.